The molecule has 0 saturated heterocycles. The third-order valence-electron chi connectivity index (χ3n) is 2.94. The van der Waals surface area contributed by atoms with Crippen molar-refractivity contribution in [2.75, 3.05) is 32.7 Å². The number of fused-ring (bicyclic) bond motifs is 1. The Morgan fingerprint density at radius 1 is 1.30 bits per heavy atom. The largest absolute Gasteiger partial charge is 0.383 e. The zero-order valence-electron chi connectivity index (χ0n) is 11.3. The highest BCUT2D eigenvalue weighted by Crippen LogP contribution is 2.16. The first-order valence-electron chi connectivity index (χ1n) is 6.32. The van der Waals surface area contributed by atoms with E-state index in [4.69, 9.17) is 16.3 Å². The van der Waals surface area contributed by atoms with Crippen LogP contribution in [-0.4, -0.2) is 53.5 Å². The van der Waals surface area contributed by atoms with E-state index in [9.17, 15) is 4.79 Å². The van der Waals surface area contributed by atoms with E-state index >= 15 is 0 Å². The average Bonchev–Trinajstić information content (AvgIpc) is 2.50. The molecule has 20 heavy (non-hydrogen) atoms. The molecule has 0 bridgehead atoms. The molecule has 0 aliphatic carbocycles. The van der Waals surface area contributed by atoms with Gasteiger partial charge in [0.2, 0.25) is 0 Å². The molecule has 0 aliphatic heterocycles. The maximum atomic E-state index is 12.6. The van der Waals surface area contributed by atoms with Crippen LogP contribution in [0.15, 0.2) is 30.6 Å². The molecule has 6 heteroatoms. The Labute approximate surface area is 122 Å². The highest BCUT2D eigenvalue weighted by Gasteiger charge is 2.18. The van der Waals surface area contributed by atoms with Crippen LogP contribution in [0.5, 0.6) is 0 Å². The van der Waals surface area contributed by atoms with Gasteiger partial charge in [0.05, 0.1) is 17.7 Å². The first-order valence-corrected chi connectivity index (χ1v) is 6.85. The van der Waals surface area contributed by atoms with Crippen molar-refractivity contribution in [3.05, 3.63) is 36.2 Å². The summed E-state index contributed by atoms with van der Waals surface area (Å²) in [6.07, 6.45) is 3.19. The summed E-state index contributed by atoms with van der Waals surface area (Å²) >= 11 is 5.76. The van der Waals surface area contributed by atoms with Crippen LogP contribution in [0.1, 0.15) is 10.4 Å². The highest BCUT2D eigenvalue weighted by atomic mass is 35.5. The third-order valence-corrected chi connectivity index (χ3v) is 3.11. The molecule has 2 aromatic rings. The Morgan fingerprint density at radius 2 is 2.10 bits per heavy atom. The van der Waals surface area contributed by atoms with E-state index in [0.717, 1.165) is 0 Å². The number of alkyl halides is 1. The normalized spacial score (nSPS) is 10.7. The first kappa shape index (κ1) is 14.7. The molecule has 0 spiro atoms. The maximum Gasteiger partial charge on any atom is 0.256 e. The van der Waals surface area contributed by atoms with Gasteiger partial charge in [-0.3, -0.25) is 14.8 Å². The number of halogens is 1. The predicted octanol–water partition coefficient (Wildman–Crippen LogP) is 1.96. The molecule has 0 unspecified atom stereocenters. The van der Waals surface area contributed by atoms with Gasteiger partial charge in [-0.05, 0) is 12.1 Å². The van der Waals surface area contributed by atoms with Crippen molar-refractivity contribution in [3.8, 4) is 0 Å². The van der Waals surface area contributed by atoms with Crippen LogP contribution in [0.2, 0.25) is 0 Å². The SMILES string of the molecule is COCCN(CCCl)C(=O)c1cccc2nccnc12. The van der Waals surface area contributed by atoms with Crippen LogP contribution >= 0.6 is 11.6 Å². The lowest BCUT2D eigenvalue weighted by atomic mass is 10.1. The number of para-hydroxylation sites is 1. The summed E-state index contributed by atoms with van der Waals surface area (Å²) < 4.78 is 5.03. The van der Waals surface area contributed by atoms with E-state index in [1.165, 1.54) is 0 Å². The Morgan fingerprint density at radius 3 is 2.85 bits per heavy atom. The molecule has 0 saturated carbocycles. The highest BCUT2D eigenvalue weighted by molar-refractivity contribution is 6.18. The molecule has 106 valence electrons. The zero-order chi connectivity index (χ0) is 14.4. The number of benzene rings is 1. The van der Waals surface area contributed by atoms with E-state index in [-0.39, 0.29) is 5.91 Å². The molecular weight excluding hydrogens is 278 g/mol. The van der Waals surface area contributed by atoms with Gasteiger partial charge in [-0.1, -0.05) is 6.07 Å². The summed E-state index contributed by atoms with van der Waals surface area (Å²) in [5.41, 5.74) is 1.85. The number of hydrogen-bond donors (Lipinski definition) is 0. The van der Waals surface area contributed by atoms with Gasteiger partial charge >= 0.3 is 0 Å². The van der Waals surface area contributed by atoms with E-state index < -0.39 is 0 Å². The zero-order valence-corrected chi connectivity index (χ0v) is 12.0. The molecule has 1 heterocycles. The topological polar surface area (TPSA) is 55.3 Å². The molecule has 0 atom stereocenters. The minimum Gasteiger partial charge on any atom is -0.383 e. The van der Waals surface area contributed by atoms with Gasteiger partial charge in [0.25, 0.3) is 5.91 Å². The van der Waals surface area contributed by atoms with Crippen molar-refractivity contribution in [3.63, 3.8) is 0 Å². The molecule has 1 aromatic carbocycles. The Bertz CT molecular complexity index is 586. The Balaban J connectivity index is 2.33. The molecule has 5 nitrogen and oxygen atoms in total. The molecule has 0 aliphatic rings. The second-order valence-corrected chi connectivity index (χ2v) is 4.58. The number of methoxy groups -OCH3 is 1. The Kier molecular flexibility index (Phi) is 5.26. The number of carbonyl (C=O) groups excluding carboxylic acids is 1. The number of carbonyl (C=O) groups is 1. The summed E-state index contributed by atoms with van der Waals surface area (Å²) in [4.78, 5) is 22.7. The minimum atomic E-state index is -0.103. The third kappa shape index (κ3) is 3.23. The summed E-state index contributed by atoms with van der Waals surface area (Å²) in [5.74, 6) is 0.278. The molecule has 0 N–H and O–H groups in total. The van der Waals surface area contributed by atoms with Crippen molar-refractivity contribution in [2.24, 2.45) is 0 Å². The van der Waals surface area contributed by atoms with Gasteiger partial charge in [-0.2, -0.15) is 0 Å². The molecule has 2 rings (SSSR count). The fourth-order valence-corrected chi connectivity index (χ4v) is 2.16. The molecule has 0 radical (unpaired) electrons. The van der Waals surface area contributed by atoms with Crippen LogP contribution in [0, 0.1) is 0 Å². The number of amides is 1. The number of rotatable bonds is 6. The van der Waals surface area contributed by atoms with Gasteiger partial charge in [0.15, 0.2) is 0 Å². The Hall–Kier alpha value is -1.72. The molecular formula is C14H16ClN3O2. The van der Waals surface area contributed by atoms with Crippen molar-refractivity contribution >= 4 is 28.5 Å². The molecule has 1 amide bonds. The lowest BCUT2D eigenvalue weighted by Gasteiger charge is -2.21. The van der Waals surface area contributed by atoms with Crippen LogP contribution in [0.3, 0.4) is 0 Å². The quantitative estimate of drug-likeness (QED) is 0.764. The van der Waals surface area contributed by atoms with Crippen LogP contribution in [-0.2, 0) is 4.74 Å². The van der Waals surface area contributed by atoms with Gasteiger partial charge in [0.1, 0.15) is 5.52 Å². The fourth-order valence-electron chi connectivity index (χ4n) is 1.95. The van der Waals surface area contributed by atoms with Gasteiger partial charge < -0.3 is 9.64 Å². The summed E-state index contributed by atoms with van der Waals surface area (Å²) in [6, 6.07) is 5.40. The second-order valence-electron chi connectivity index (χ2n) is 4.20. The molecule has 0 fully saturated rings. The van der Waals surface area contributed by atoms with Crippen LogP contribution < -0.4 is 0 Å². The summed E-state index contributed by atoms with van der Waals surface area (Å²) in [7, 11) is 1.60. The first-order chi connectivity index (χ1) is 9.77. The lowest BCUT2D eigenvalue weighted by Crippen LogP contribution is -2.35. The summed E-state index contributed by atoms with van der Waals surface area (Å²) in [6.45, 7) is 1.44. The van der Waals surface area contributed by atoms with Crippen LogP contribution in [0.25, 0.3) is 11.0 Å². The smallest absolute Gasteiger partial charge is 0.256 e. The van der Waals surface area contributed by atoms with Crippen molar-refractivity contribution in [2.45, 2.75) is 0 Å². The number of aromatic nitrogens is 2. The predicted molar refractivity (Wildman–Crippen MR) is 78.0 cm³/mol. The second kappa shape index (κ2) is 7.17. The monoisotopic (exact) mass is 293 g/mol. The van der Waals surface area contributed by atoms with E-state index in [1.54, 1.807) is 36.5 Å². The van der Waals surface area contributed by atoms with Gasteiger partial charge in [-0.15, -0.1) is 11.6 Å². The molecule has 1 aromatic heterocycles. The van der Waals surface area contributed by atoms with Crippen molar-refractivity contribution in [1.82, 2.24) is 14.9 Å². The van der Waals surface area contributed by atoms with Crippen molar-refractivity contribution in [1.29, 1.82) is 0 Å². The number of ether oxygens (including phenoxy) is 1. The van der Waals surface area contributed by atoms with Gasteiger partial charge in [0, 0.05) is 38.5 Å². The van der Waals surface area contributed by atoms with Crippen molar-refractivity contribution < 1.29 is 9.53 Å². The average molecular weight is 294 g/mol. The lowest BCUT2D eigenvalue weighted by molar-refractivity contribution is 0.0709. The standard InChI is InChI=1S/C14H16ClN3O2/c1-20-10-9-18(8-5-15)14(19)11-3-2-4-12-13(11)17-7-6-16-12/h2-4,6-7H,5,8-10H2,1H3. The van der Waals surface area contributed by atoms with Gasteiger partial charge in [-0.25, -0.2) is 0 Å². The van der Waals surface area contributed by atoms with E-state index in [1.807, 2.05) is 6.07 Å². The van der Waals surface area contributed by atoms with E-state index in [0.29, 0.717) is 42.2 Å². The minimum absolute atomic E-state index is 0.103. The van der Waals surface area contributed by atoms with E-state index in [2.05, 4.69) is 9.97 Å². The maximum absolute atomic E-state index is 12.6. The summed E-state index contributed by atoms with van der Waals surface area (Å²) in [5, 5.41) is 0. The van der Waals surface area contributed by atoms with Crippen LogP contribution in [0.4, 0.5) is 0 Å². The fraction of sp³-hybridized carbons (Fsp3) is 0.357. The number of hydrogen-bond acceptors (Lipinski definition) is 4. The number of nitrogens with zero attached hydrogens (tertiary/aromatic N) is 3.